The third-order valence-electron chi connectivity index (χ3n) is 4.31. The number of amides is 2. The monoisotopic (exact) mass is 449 g/mol. The largest absolute Gasteiger partial charge is 0.457 e. The lowest BCUT2D eigenvalue weighted by Crippen LogP contribution is -2.27. The number of imide groups is 1. The fraction of sp³-hybridized carbons (Fsp3) is 0.0476. The van der Waals surface area contributed by atoms with E-state index in [2.05, 4.69) is 0 Å². The molecule has 2 heterocycles. The summed E-state index contributed by atoms with van der Waals surface area (Å²) < 4.78 is 45.7. The van der Waals surface area contributed by atoms with Gasteiger partial charge in [-0.3, -0.25) is 14.5 Å². The Morgan fingerprint density at radius 1 is 1.00 bits per heavy atom. The van der Waals surface area contributed by atoms with E-state index in [1.165, 1.54) is 36.4 Å². The van der Waals surface area contributed by atoms with E-state index in [1.807, 2.05) is 0 Å². The van der Waals surface area contributed by atoms with Crippen molar-refractivity contribution in [2.24, 2.45) is 0 Å². The Morgan fingerprint density at radius 3 is 2.47 bits per heavy atom. The van der Waals surface area contributed by atoms with Crippen molar-refractivity contribution < 1.29 is 27.2 Å². The zero-order valence-electron chi connectivity index (χ0n) is 15.0. The van der Waals surface area contributed by atoms with Gasteiger partial charge in [-0.15, -0.1) is 0 Å². The van der Waals surface area contributed by atoms with E-state index in [9.17, 15) is 22.8 Å². The van der Waals surface area contributed by atoms with Crippen LogP contribution >= 0.6 is 23.4 Å². The van der Waals surface area contributed by atoms with E-state index in [0.717, 1.165) is 23.1 Å². The lowest BCUT2D eigenvalue weighted by Gasteiger charge is -2.13. The lowest BCUT2D eigenvalue weighted by atomic mass is 10.1. The van der Waals surface area contributed by atoms with Gasteiger partial charge < -0.3 is 4.42 Å². The van der Waals surface area contributed by atoms with Gasteiger partial charge in [-0.2, -0.15) is 0 Å². The minimum atomic E-state index is -0.785. The van der Waals surface area contributed by atoms with Crippen molar-refractivity contribution in [2.75, 3.05) is 0 Å². The van der Waals surface area contributed by atoms with Crippen molar-refractivity contribution in [1.82, 2.24) is 4.90 Å². The van der Waals surface area contributed by atoms with Gasteiger partial charge in [0.25, 0.3) is 11.1 Å². The number of thioether (sulfide) groups is 1. The Hall–Kier alpha value is -2.97. The summed E-state index contributed by atoms with van der Waals surface area (Å²) in [5, 5.41) is -0.405. The summed E-state index contributed by atoms with van der Waals surface area (Å²) in [5.74, 6) is -2.21. The minimum Gasteiger partial charge on any atom is -0.457 e. The number of carbonyl (C=O) groups is 2. The van der Waals surface area contributed by atoms with E-state index >= 15 is 0 Å². The second-order valence-electron chi connectivity index (χ2n) is 6.33. The van der Waals surface area contributed by atoms with Crippen molar-refractivity contribution in [3.05, 3.63) is 87.2 Å². The van der Waals surface area contributed by atoms with Crippen LogP contribution in [0.15, 0.2) is 57.9 Å². The predicted molar refractivity (Wildman–Crippen MR) is 107 cm³/mol. The standard InChI is InChI=1S/C21H11ClF3NO3S/c22-16-7-12(23)2-1-11(16)10-26-20(27)19(30-21(26)28)9-14-4-6-18(29-14)15-5-3-13(24)8-17(15)25/h1-9H,10H2/b19-9+. The van der Waals surface area contributed by atoms with Gasteiger partial charge in [-0.1, -0.05) is 17.7 Å². The molecule has 152 valence electrons. The molecule has 0 atom stereocenters. The van der Waals surface area contributed by atoms with Crippen LogP contribution < -0.4 is 0 Å². The van der Waals surface area contributed by atoms with Crippen molar-refractivity contribution >= 4 is 40.6 Å². The molecule has 3 aromatic rings. The Balaban J connectivity index is 1.56. The highest BCUT2D eigenvalue weighted by Gasteiger charge is 2.35. The molecule has 0 N–H and O–H groups in total. The molecule has 1 saturated heterocycles. The molecule has 1 aliphatic heterocycles. The molecule has 1 fully saturated rings. The third-order valence-corrected chi connectivity index (χ3v) is 5.57. The fourth-order valence-electron chi connectivity index (χ4n) is 2.85. The molecule has 2 aromatic carbocycles. The zero-order valence-corrected chi connectivity index (χ0v) is 16.6. The predicted octanol–water partition coefficient (Wildman–Crippen LogP) is 6.25. The van der Waals surface area contributed by atoms with Crippen LogP contribution in [0.3, 0.4) is 0 Å². The van der Waals surface area contributed by atoms with Crippen molar-refractivity contribution in [3.8, 4) is 11.3 Å². The Bertz CT molecular complexity index is 1210. The molecule has 4 nitrogen and oxygen atoms in total. The molecule has 1 aromatic heterocycles. The van der Waals surface area contributed by atoms with E-state index in [-0.39, 0.29) is 33.6 Å². The molecule has 0 spiro atoms. The van der Waals surface area contributed by atoms with Crippen molar-refractivity contribution in [1.29, 1.82) is 0 Å². The van der Waals surface area contributed by atoms with Gasteiger partial charge in [0.15, 0.2) is 0 Å². The summed E-state index contributed by atoms with van der Waals surface area (Å²) in [6, 6.07) is 9.76. The third kappa shape index (κ3) is 4.01. The first-order valence-corrected chi connectivity index (χ1v) is 9.76. The van der Waals surface area contributed by atoms with Crippen LogP contribution in [-0.2, 0) is 11.3 Å². The molecule has 0 radical (unpaired) electrons. The molecule has 0 aliphatic carbocycles. The van der Waals surface area contributed by atoms with Crippen molar-refractivity contribution in [3.63, 3.8) is 0 Å². The second-order valence-corrected chi connectivity index (χ2v) is 7.73. The number of carbonyl (C=O) groups excluding carboxylic acids is 2. The molecular weight excluding hydrogens is 439 g/mol. The van der Waals surface area contributed by atoms with Gasteiger partial charge in [0, 0.05) is 17.2 Å². The van der Waals surface area contributed by atoms with Gasteiger partial charge in [0.05, 0.1) is 17.0 Å². The Morgan fingerprint density at radius 2 is 1.73 bits per heavy atom. The van der Waals surface area contributed by atoms with Gasteiger partial charge >= 0.3 is 0 Å². The molecular formula is C21H11ClF3NO3S. The van der Waals surface area contributed by atoms with Crippen LogP contribution in [0.5, 0.6) is 0 Å². The maximum Gasteiger partial charge on any atom is 0.293 e. The van der Waals surface area contributed by atoms with E-state index < -0.39 is 28.6 Å². The first-order valence-electron chi connectivity index (χ1n) is 8.56. The van der Waals surface area contributed by atoms with Gasteiger partial charge in [-0.05, 0) is 53.7 Å². The second kappa shape index (κ2) is 8.04. The Kier molecular flexibility index (Phi) is 5.44. The lowest BCUT2D eigenvalue weighted by molar-refractivity contribution is -0.123. The fourth-order valence-corrected chi connectivity index (χ4v) is 3.90. The maximum absolute atomic E-state index is 13.9. The first-order chi connectivity index (χ1) is 14.3. The Labute approximate surface area is 177 Å². The number of furan rings is 1. The molecule has 0 saturated carbocycles. The molecule has 1 aliphatic rings. The number of nitrogens with zero attached hydrogens (tertiary/aromatic N) is 1. The van der Waals surface area contributed by atoms with Gasteiger partial charge in [0.2, 0.25) is 0 Å². The van der Waals surface area contributed by atoms with Gasteiger partial charge in [-0.25, -0.2) is 13.2 Å². The highest BCUT2D eigenvalue weighted by atomic mass is 35.5. The summed E-state index contributed by atoms with van der Waals surface area (Å²) in [5.41, 5.74) is 0.490. The minimum absolute atomic E-state index is 0.0649. The quantitative estimate of drug-likeness (QED) is 0.441. The number of rotatable bonds is 4. The zero-order chi connectivity index (χ0) is 21.4. The molecule has 2 amide bonds. The van der Waals surface area contributed by atoms with Crippen LogP contribution in [0, 0.1) is 17.5 Å². The van der Waals surface area contributed by atoms with Crippen molar-refractivity contribution in [2.45, 2.75) is 6.54 Å². The summed E-state index contributed by atoms with van der Waals surface area (Å²) in [7, 11) is 0. The SMILES string of the molecule is O=C1S/C(=C/c2ccc(-c3ccc(F)cc3F)o2)C(=O)N1Cc1ccc(F)cc1Cl. The molecule has 30 heavy (non-hydrogen) atoms. The van der Waals surface area contributed by atoms with Crippen LogP contribution in [0.4, 0.5) is 18.0 Å². The highest BCUT2D eigenvalue weighted by Crippen LogP contribution is 2.35. The van der Waals surface area contributed by atoms with Crippen LogP contribution in [0.25, 0.3) is 17.4 Å². The van der Waals surface area contributed by atoms with Crippen LogP contribution in [-0.4, -0.2) is 16.0 Å². The molecule has 0 unspecified atom stereocenters. The average molecular weight is 450 g/mol. The topological polar surface area (TPSA) is 50.5 Å². The summed E-state index contributed by atoms with van der Waals surface area (Å²) in [6.07, 6.45) is 1.36. The highest BCUT2D eigenvalue weighted by molar-refractivity contribution is 8.18. The van der Waals surface area contributed by atoms with Crippen LogP contribution in [0.2, 0.25) is 5.02 Å². The molecule has 0 bridgehead atoms. The van der Waals surface area contributed by atoms with E-state index in [4.69, 9.17) is 16.0 Å². The number of hydrogen-bond acceptors (Lipinski definition) is 4. The van der Waals surface area contributed by atoms with Gasteiger partial charge in [0.1, 0.15) is 29.0 Å². The number of benzene rings is 2. The first kappa shape index (κ1) is 20.3. The number of halogens is 4. The number of hydrogen-bond donors (Lipinski definition) is 0. The van der Waals surface area contributed by atoms with E-state index in [0.29, 0.717) is 17.3 Å². The summed E-state index contributed by atoms with van der Waals surface area (Å²) >= 11 is 6.69. The molecule has 4 rings (SSSR count). The van der Waals surface area contributed by atoms with E-state index in [1.54, 1.807) is 0 Å². The molecule has 9 heteroatoms. The maximum atomic E-state index is 13.9. The summed E-state index contributed by atoms with van der Waals surface area (Å²) in [4.78, 5) is 26.0. The smallest absolute Gasteiger partial charge is 0.293 e. The normalized spacial score (nSPS) is 15.5. The van der Waals surface area contributed by atoms with Crippen LogP contribution in [0.1, 0.15) is 11.3 Å². The summed E-state index contributed by atoms with van der Waals surface area (Å²) in [6.45, 7) is -0.106. The average Bonchev–Trinajstić information content (AvgIpc) is 3.24.